The van der Waals surface area contributed by atoms with Gasteiger partial charge in [-0.25, -0.2) is 0 Å². The molecule has 2 rings (SSSR count). The molecular weight excluding hydrogens is 222 g/mol. The van der Waals surface area contributed by atoms with Crippen molar-refractivity contribution >= 4 is 17.1 Å². The number of likely N-dealkylation sites (tertiary alicyclic amines) is 1. The average molecular weight is 239 g/mol. The van der Waals surface area contributed by atoms with E-state index in [1.165, 1.54) is 11.3 Å². The fraction of sp³-hybridized carbons (Fsp3) is 0.583. The topological polar surface area (TPSA) is 40.5 Å². The van der Waals surface area contributed by atoms with Gasteiger partial charge in [-0.3, -0.25) is 9.69 Å². The predicted octanol–water partition coefficient (Wildman–Crippen LogP) is 1.63. The molecule has 3 nitrogen and oxygen atoms in total. The zero-order valence-corrected chi connectivity index (χ0v) is 10.2. The third kappa shape index (κ3) is 2.70. The third-order valence-corrected chi connectivity index (χ3v) is 4.07. The Morgan fingerprint density at radius 3 is 3.12 bits per heavy atom. The molecule has 0 saturated carbocycles. The zero-order valence-electron chi connectivity index (χ0n) is 9.43. The number of ketones is 1. The van der Waals surface area contributed by atoms with Gasteiger partial charge in [0.05, 0.1) is 17.5 Å². The van der Waals surface area contributed by atoms with Gasteiger partial charge in [-0.2, -0.15) is 0 Å². The number of Topliss-reactive ketones (excluding diaryl/α,β-unsaturated/α-hetero) is 1. The van der Waals surface area contributed by atoms with E-state index in [1.807, 2.05) is 24.4 Å². The van der Waals surface area contributed by atoms with E-state index < -0.39 is 0 Å². The van der Waals surface area contributed by atoms with Crippen LogP contribution in [0.15, 0.2) is 17.5 Å². The average Bonchev–Trinajstić information content (AvgIpc) is 2.87. The molecule has 2 heterocycles. The van der Waals surface area contributed by atoms with E-state index in [-0.39, 0.29) is 11.9 Å². The van der Waals surface area contributed by atoms with Gasteiger partial charge in [0.15, 0.2) is 5.78 Å². The summed E-state index contributed by atoms with van der Waals surface area (Å²) in [6.45, 7) is 4.08. The van der Waals surface area contributed by atoms with Crippen molar-refractivity contribution in [3.8, 4) is 0 Å². The SMILES string of the molecule is CC(O)C1CCN(CC(=O)c2cccs2)C1. The molecule has 1 fully saturated rings. The molecule has 1 N–H and O–H groups in total. The van der Waals surface area contributed by atoms with Crippen LogP contribution in [-0.2, 0) is 0 Å². The van der Waals surface area contributed by atoms with Crippen LogP contribution in [0.25, 0.3) is 0 Å². The van der Waals surface area contributed by atoms with Crippen molar-refractivity contribution in [2.45, 2.75) is 19.4 Å². The maximum atomic E-state index is 11.8. The van der Waals surface area contributed by atoms with Gasteiger partial charge in [0.25, 0.3) is 0 Å². The number of carbonyl (C=O) groups excluding carboxylic acids is 1. The van der Waals surface area contributed by atoms with Crippen molar-refractivity contribution in [2.75, 3.05) is 19.6 Å². The number of hydrogen-bond donors (Lipinski definition) is 1. The van der Waals surface area contributed by atoms with Gasteiger partial charge < -0.3 is 5.11 Å². The Morgan fingerprint density at radius 1 is 1.75 bits per heavy atom. The Morgan fingerprint density at radius 2 is 2.56 bits per heavy atom. The van der Waals surface area contributed by atoms with Gasteiger partial charge in [0.2, 0.25) is 0 Å². The molecule has 1 aromatic heterocycles. The maximum absolute atomic E-state index is 11.8. The second kappa shape index (κ2) is 5.08. The summed E-state index contributed by atoms with van der Waals surface area (Å²) >= 11 is 1.50. The predicted molar refractivity (Wildman–Crippen MR) is 64.9 cm³/mol. The summed E-state index contributed by atoms with van der Waals surface area (Å²) in [5.41, 5.74) is 0. The van der Waals surface area contributed by atoms with E-state index in [4.69, 9.17) is 0 Å². The normalized spacial score (nSPS) is 23.5. The first-order valence-electron chi connectivity index (χ1n) is 5.64. The molecule has 2 unspecified atom stereocenters. The number of aliphatic hydroxyl groups is 1. The van der Waals surface area contributed by atoms with Crippen LogP contribution in [0.4, 0.5) is 0 Å². The van der Waals surface area contributed by atoms with Crippen molar-refractivity contribution in [2.24, 2.45) is 5.92 Å². The molecule has 1 aliphatic heterocycles. The first kappa shape index (κ1) is 11.8. The van der Waals surface area contributed by atoms with Gasteiger partial charge >= 0.3 is 0 Å². The molecule has 0 radical (unpaired) electrons. The lowest BCUT2D eigenvalue weighted by atomic mass is 10.0. The fourth-order valence-corrected chi connectivity index (χ4v) is 2.78. The molecule has 0 spiro atoms. The Hall–Kier alpha value is -0.710. The molecule has 1 saturated heterocycles. The minimum atomic E-state index is -0.262. The van der Waals surface area contributed by atoms with Crippen LogP contribution in [0.5, 0.6) is 0 Å². The molecule has 1 aliphatic rings. The van der Waals surface area contributed by atoms with Crippen LogP contribution in [0, 0.1) is 5.92 Å². The summed E-state index contributed by atoms with van der Waals surface area (Å²) in [6.07, 6.45) is 0.733. The van der Waals surface area contributed by atoms with E-state index in [2.05, 4.69) is 4.90 Å². The van der Waals surface area contributed by atoms with Crippen molar-refractivity contribution in [3.63, 3.8) is 0 Å². The lowest BCUT2D eigenvalue weighted by Crippen LogP contribution is -2.29. The molecule has 2 atom stereocenters. The number of rotatable bonds is 4. The number of nitrogens with zero attached hydrogens (tertiary/aromatic N) is 1. The summed E-state index contributed by atoms with van der Waals surface area (Å²) in [5, 5.41) is 11.4. The maximum Gasteiger partial charge on any atom is 0.186 e. The second-order valence-corrected chi connectivity index (χ2v) is 5.37. The van der Waals surface area contributed by atoms with Gasteiger partial charge in [-0.1, -0.05) is 6.07 Å². The summed E-state index contributed by atoms with van der Waals surface area (Å²) in [4.78, 5) is 14.8. The smallest absolute Gasteiger partial charge is 0.186 e. The quantitative estimate of drug-likeness (QED) is 0.812. The Bertz CT molecular complexity index is 348. The van der Waals surface area contributed by atoms with E-state index in [1.54, 1.807) is 0 Å². The monoisotopic (exact) mass is 239 g/mol. The Kier molecular flexibility index (Phi) is 3.74. The highest BCUT2D eigenvalue weighted by Gasteiger charge is 2.27. The van der Waals surface area contributed by atoms with Crippen LogP contribution in [0.1, 0.15) is 23.0 Å². The molecule has 0 aromatic carbocycles. The van der Waals surface area contributed by atoms with Gasteiger partial charge in [0.1, 0.15) is 0 Å². The van der Waals surface area contributed by atoms with Crippen LogP contribution in [0.3, 0.4) is 0 Å². The van der Waals surface area contributed by atoms with E-state index in [0.29, 0.717) is 12.5 Å². The summed E-state index contributed by atoms with van der Waals surface area (Å²) in [6, 6.07) is 3.77. The lowest BCUT2D eigenvalue weighted by Gasteiger charge is -2.16. The Labute approximate surface area is 99.7 Å². The van der Waals surface area contributed by atoms with E-state index in [9.17, 15) is 9.90 Å². The van der Waals surface area contributed by atoms with Crippen LogP contribution in [-0.4, -0.2) is 41.5 Å². The molecule has 0 aliphatic carbocycles. The van der Waals surface area contributed by atoms with Crippen molar-refractivity contribution in [3.05, 3.63) is 22.4 Å². The van der Waals surface area contributed by atoms with Crippen LogP contribution < -0.4 is 0 Å². The number of carbonyl (C=O) groups is 1. The molecule has 88 valence electrons. The van der Waals surface area contributed by atoms with Gasteiger partial charge in [-0.15, -0.1) is 11.3 Å². The molecular formula is C12H17NO2S. The fourth-order valence-electron chi connectivity index (χ4n) is 2.12. The first-order valence-corrected chi connectivity index (χ1v) is 6.52. The highest BCUT2D eigenvalue weighted by atomic mass is 32.1. The second-order valence-electron chi connectivity index (χ2n) is 4.42. The van der Waals surface area contributed by atoms with Crippen molar-refractivity contribution < 1.29 is 9.90 Å². The van der Waals surface area contributed by atoms with Crippen LogP contribution >= 0.6 is 11.3 Å². The molecule has 1 aromatic rings. The van der Waals surface area contributed by atoms with E-state index >= 15 is 0 Å². The molecule has 4 heteroatoms. The number of aliphatic hydroxyl groups excluding tert-OH is 1. The third-order valence-electron chi connectivity index (χ3n) is 3.15. The van der Waals surface area contributed by atoms with Gasteiger partial charge in [0, 0.05) is 6.54 Å². The van der Waals surface area contributed by atoms with E-state index in [0.717, 1.165) is 24.4 Å². The summed E-state index contributed by atoms with van der Waals surface area (Å²) in [5.74, 6) is 0.525. The highest BCUT2D eigenvalue weighted by molar-refractivity contribution is 7.12. The van der Waals surface area contributed by atoms with Crippen LogP contribution in [0.2, 0.25) is 0 Å². The first-order chi connectivity index (χ1) is 7.66. The zero-order chi connectivity index (χ0) is 11.5. The largest absolute Gasteiger partial charge is 0.393 e. The van der Waals surface area contributed by atoms with Crippen molar-refractivity contribution in [1.82, 2.24) is 4.90 Å². The highest BCUT2D eigenvalue weighted by Crippen LogP contribution is 2.20. The minimum Gasteiger partial charge on any atom is -0.393 e. The molecule has 0 amide bonds. The minimum absolute atomic E-state index is 0.196. The molecule has 0 bridgehead atoms. The lowest BCUT2D eigenvalue weighted by molar-refractivity contribution is 0.0929. The standard InChI is InChI=1S/C12H17NO2S/c1-9(14)10-4-5-13(7-10)8-11(15)12-3-2-6-16-12/h2-3,6,9-10,14H,4-5,7-8H2,1H3. The Balaban J connectivity index is 1.86. The van der Waals surface area contributed by atoms with Crippen molar-refractivity contribution in [1.29, 1.82) is 0 Å². The number of hydrogen-bond acceptors (Lipinski definition) is 4. The summed E-state index contributed by atoms with van der Waals surface area (Å²) in [7, 11) is 0. The number of thiophene rings is 1. The molecule has 16 heavy (non-hydrogen) atoms. The summed E-state index contributed by atoms with van der Waals surface area (Å²) < 4.78 is 0. The van der Waals surface area contributed by atoms with Gasteiger partial charge in [-0.05, 0) is 37.3 Å².